The summed E-state index contributed by atoms with van der Waals surface area (Å²) in [6.45, 7) is 4.02. The van der Waals surface area contributed by atoms with E-state index in [0.717, 1.165) is 16.7 Å². The van der Waals surface area contributed by atoms with Gasteiger partial charge in [-0.3, -0.25) is 0 Å². The van der Waals surface area contributed by atoms with Gasteiger partial charge in [-0.2, -0.15) is 4.31 Å². The van der Waals surface area contributed by atoms with Gasteiger partial charge in [0.25, 0.3) is 0 Å². The van der Waals surface area contributed by atoms with E-state index < -0.39 is 10.0 Å². The van der Waals surface area contributed by atoms with Gasteiger partial charge in [-0.15, -0.1) is 0 Å². The molecular weight excluding hydrogens is 354 g/mol. The van der Waals surface area contributed by atoms with Gasteiger partial charge in [0.15, 0.2) is 11.5 Å². The van der Waals surface area contributed by atoms with E-state index in [9.17, 15) is 8.42 Å². The van der Waals surface area contributed by atoms with Gasteiger partial charge in [0, 0.05) is 13.6 Å². The maximum Gasteiger partial charge on any atom is 0.243 e. The lowest BCUT2D eigenvalue weighted by molar-refractivity contribution is 0.323. The lowest BCUT2D eigenvalue weighted by Crippen LogP contribution is -2.26. The SMILES string of the molecule is COc1cc(CN(C)S(=O)(=O)c2ccc(C)c(C)c2)cc(OC)c1OC. The number of rotatable bonds is 7. The molecule has 0 fully saturated rings. The molecule has 0 aliphatic rings. The number of aryl methyl sites for hydroxylation is 2. The van der Waals surface area contributed by atoms with E-state index >= 15 is 0 Å². The molecule has 0 radical (unpaired) electrons. The van der Waals surface area contributed by atoms with Crippen LogP contribution in [0.4, 0.5) is 0 Å². The smallest absolute Gasteiger partial charge is 0.243 e. The van der Waals surface area contributed by atoms with Crippen LogP contribution in [0.5, 0.6) is 17.2 Å². The van der Waals surface area contributed by atoms with Crippen molar-refractivity contribution in [2.24, 2.45) is 0 Å². The van der Waals surface area contributed by atoms with Crippen molar-refractivity contribution in [1.29, 1.82) is 0 Å². The zero-order valence-electron chi connectivity index (χ0n) is 16.0. The molecule has 142 valence electrons. The van der Waals surface area contributed by atoms with Crippen LogP contribution >= 0.6 is 0 Å². The van der Waals surface area contributed by atoms with E-state index in [4.69, 9.17) is 14.2 Å². The second kappa shape index (κ2) is 7.97. The van der Waals surface area contributed by atoms with Crippen molar-refractivity contribution in [2.45, 2.75) is 25.3 Å². The molecule has 0 aliphatic carbocycles. The third-order valence-corrected chi connectivity index (χ3v) is 6.12. The number of methoxy groups -OCH3 is 3. The molecule has 0 saturated heterocycles. The van der Waals surface area contributed by atoms with Crippen molar-refractivity contribution in [3.8, 4) is 17.2 Å². The average Bonchev–Trinajstić information content (AvgIpc) is 2.62. The van der Waals surface area contributed by atoms with Gasteiger partial charge in [-0.25, -0.2) is 8.42 Å². The van der Waals surface area contributed by atoms with Crippen LogP contribution < -0.4 is 14.2 Å². The van der Waals surface area contributed by atoms with Crippen LogP contribution in [0, 0.1) is 13.8 Å². The summed E-state index contributed by atoms with van der Waals surface area (Å²) in [5.41, 5.74) is 2.72. The Kier molecular flexibility index (Phi) is 6.15. The molecule has 0 amide bonds. The first-order valence-corrected chi connectivity index (χ1v) is 9.51. The monoisotopic (exact) mass is 379 g/mol. The van der Waals surface area contributed by atoms with Crippen LogP contribution in [0.15, 0.2) is 35.2 Å². The summed E-state index contributed by atoms with van der Waals surface area (Å²) in [7, 11) is 2.51. The van der Waals surface area contributed by atoms with Crippen LogP contribution in [-0.2, 0) is 16.6 Å². The second-order valence-corrected chi connectivity index (χ2v) is 8.09. The van der Waals surface area contributed by atoms with Crippen molar-refractivity contribution in [3.63, 3.8) is 0 Å². The van der Waals surface area contributed by atoms with Crippen molar-refractivity contribution in [2.75, 3.05) is 28.4 Å². The Balaban J connectivity index is 2.36. The summed E-state index contributed by atoms with van der Waals surface area (Å²) in [6, 6.07) is 8.62. The minimum Gasteiger partial charge on any atom is -0.493 e. The second-order valence-electron chi connectivity index (χ2n) is 6.04. The average molecular weight is 379 g/mol. The quantitative estimate of drug-likeness (QED) is 0.739. The largest absolute Gasteiger partial charge is 0.493 e. The Hall–Kier alpha value is -2.25. The van der Waals surface area contributed by atoms with Gasteiger partial charge in [0.1, 0.15) is 0 Å². The molecule has 0 aliphatic heterocycles. The Bertz CT molecular complexity index is 868. The van der Waals surface area contributed by atoms with Gasteiger partial charge in [-0.1, -0.05) is 6.07 Å². The fraction of sp³-hybridized carbons (Fsp3) is 0.368. The molecule has 6 nitrogen and oxygen atoms in total. The summed E-state index contributed by atoms with van der Waals surface area (Å²) in [5.74, 6) is 1.44. The summed E-state index contributed by atoms with van der Waals surface area (Å²) in [4.78, 5) is 0.274. The van der Waals surface area contributed by atoms with Crippen molar-refractivity contribution in [3.05, 3.63) is 47.0 Å². The highest BCUT2D eigenvalue weighted by atomic mass is 32.2. The first-order chi connectivity index (χ1) is 12.2. The summed E-state index contributed by atoms with van der Waals surface area (Å²) in [6.07, 6.45) is 0. The lowest BCUT2D eigenvalue weighted by Gasteiger charge is -2.20. The molecule has 0 spiro atoms. The normalized spacial score (nSPS) is 11.5. The zero-order valence-corrected chi connectivity index (χ0v) is 16.8. The number of sulfonamides is 1. The Labute approximate surface area is 155 Å². The predicted molar refractivity (Wildman–Crippen MR) is 101 cm³/mol. The predicted octanol–water partition coefficient (Wildman–Crippen LogP) is 3.15. The summed E-state index contributed by atoms with van der Waals surface area (Å²) in [5, 5.41) is 0. The van der Waals surface area contributed by atoms with E-state index in [1.54, 1.807) is 31.3 Å². The molecule has 26 heavy (non-hydrogen) atoms. The molecule has 2 aromatic rings. The van der Waals surface area contributed by atoms with Crippen molar-refractivity contribution < 1.29 is 22.6 Å². The van der Waals surface area contributed by atoms with Crippen LogP contribution in [0.2, 0.25) is 0 Å². The molecule has 0 saturated carbocycles. The Morgan fingerprint density at radius 3 is 1.92 bits per heavy atom. The molecule has 0 heterocycles. The molecule has 0 aromatic heterocycles. The summed E-state index contributed by atoms with van der Waals surface area (Å²) >= 11 is 0. The zero-order chi connectivity index (χ0) is 19.5. The van der Waals surface area contributed by atoms with Gasteiger partial charge >= 0.3 is 0 Å². The lowest BCUT2D eigenvalue weighted by atomic mass is 10.1. The summed E-state index contributed by atoms with van der Waals surface area (Å²) < 4.78 is 43.0. The Morgan fingerprint density at radius 2 is 1.46 bits per heavy atom. The van der Waals surface area contributed by atoms with E-state index in [0.29, 0.717) is 17.2 Å². The van der Waals surface area contributed by atoms with Crippen molar-refractivity contribution in [1.82, 2.24) is 4.31 Å². The molecule has 2 aromatic carbocycles. The van der Waals surface area contributed by atoms with Crippen LogP contribution in [-0.4, -0.2) is 41.1 Å². The number of benzene rings is 2. The minimum absolute atomic E-state index is 0.173. The molecular formula is C19H25NO5S. The van der Waals surface area contributed by atoms with Crippen molar-refractivity contribution >= 4 is 10.0 Å². The maximum absolute atomic E-state index is 12.9. The van der Waals surface area contributed by atoms with Gasteiger partial charge < -0.3 is 14.2 Å². The van der Waals surface area contributed by atoms with Gasteiger partial charge in [0.05, 0.1) is 26.2 Å². The van der Waals surface area contributed by atoms with Crippen LogP contribution in [0.1, 0.15) is 16.7 Å². The van der Waals surface area contributed by atoms with E-state index in [-0.39, 0.29) is 11.4 Å². The van der Waals surface area contributed by atoms with Gasteiger partial charge in [-0.05, 0) is 54.8 Å². The number of hydrogen-bond donors (Lipinski definition) is 0. The number of ether oxygens (including phenoxy) is 3. The Morgan fingerprint density at radius 1 is 0.885 bits per heavy atom. The maximum atomic E-state index is 12.9. The molecule has 0 unspecified atom stereocenters. The first-order valence-electron chi connectivity index (χ1n) is 8.07. The van der Waals surface area contributed by atoms with Crippen LogP contribution in [0.25, 0.3) is 0 Å². The minimum atomic E-state index is -3.61. The van der Waals surface area contributed by atoms with E-state index in [2.05, 4.69) is 0 Å². The molecule has 2 rings (SSSR count). The molecule has 0 bridgehead atoms. The number of nitrogens with zero attached hydrogens (tertiary/aromatic N) is 1. The first kappa shape index (κ1) is 20.1. The van der Waals surface area contributed by atoms with E-state index in [1.807, 2.05) is 19.9 Å². The number of hydrogen-bond acceptors (Lipinski definition) is 5. The van der Waals surface area contributed by atoms with Crippen LogP contribution in [0.3, 0.4) is 0 Å². The highest BCUT2D eigenvalue weighted by molar-refractivity contribution is 7.89. The highest BCUT2D eigenvalue weighted by Gasteiger charge is 2.23. The fourth-order valence-electron chi connectivity index (χ4n) is 2.62. The van der Waals surface area contributed by atoms with E-state index in [1.165, 1.54) is 25.6 Å². The topological polar surface area (TPSA) is 65.1 Å². The fourth-order valence-corrected chi connectivity index (χ4v) is 3.87. The molecule has 0 atom stereocenters. The third kappa shape index (κ3) is 3.94. The standard InChI is InChI=1S/C19H25NO5S/c1-13-7-8-16(9-14(13)2)26(21,22)20(3)12-15-10-17(23-4)19(25-6)18(11-15)24-5/h7-11H,12H2,1-6H3. The third-order valence-electron chi connectivity index (χ3n) is 4.32. The molecule has 0 N–H and O–H groups in total. The van der Waals surface area contributed by atoms with Gasteiger partial charge in [0.2, 0.25) is 15.8 Å². The highest BCUT2D eigenvalue weighted by Crippen LogP contribution is 2.38. The molecule has 7 heteroatoms.